The zero-order chi connectivity index (χ0) is 9.14. The van der Waals surface area contributed by atoms with Crippen molar-refractivity contribution < 1.29 is 0 Å². The first-order valence-corrected chi connectivity index (χ1v) is 4.25. The van der Waals surface area contributed by atoms with Crippen molar-refractivity contribution in [1.82, 2.24) is 10.9 Å². The second kappa shape index (κ2) is 3.70. The molecule has 12 heavy (non-hydrogen) atoms. The fourth-order valence-electron chi connectivity index (χ4n) is 1.61. The molecular weight excluding hydrogens is 150 g/mol. The molecule has 1 unspecified atom stereocenters. The summed E-state index contributed by atoms with van der Waals surface area (Å²) in [7, 11) is 1.83. The van der Waals surface area contributed by atoms with Crippen LogP contribution in [0.1, 0.15) is 13.8 Å². The summed E-state index contributed by atoms with van der Waals surface area (Å²) in [6.07, 6.45) is 0. The molecule has 1 aliphatic rings. The van der Waals surface area contributed by atoms with Gasteiger partial charge in [-0.1, -0.05) is 13.8 Å². The van der Waals surface area contributed by atoms with Gasteiger partial charge in [-0.3, -0.25) is 10.9 Å². The molecule has 1 aliphatic carbocycles. The Morgan fingerprint density at radius 3 is 2.58 bits per heavy atom. The maximum atomic E-state index is 8.79. The van der Waals surface area contributed by atoms with E-state index in [0.29, 0.717) is 11.8 Å². The molecular formula is C9H15N3. The highest BCUT2D eigenvalue weighted by Gasteiger charge is 2.33. The molecule has 2 N–H and O–H groups in total. The van der Waals surface area contributed by atoms with Gasteiger partial charge in [0.05, 0.1) is 6.07 Å². The van der Waals surface area contributed by atoms with E-state index in [1.807, 2.05) is 7.05 Å². The van der Waals surface area contributed by atoms with Crippen LogP contribution in [0.3, 0.4) is 0 Å². The molecule has 1 rings (SSSR count). The number of rotatable bonds is 3. The SMILES string of the molecule is CNNCC1=C(C#N)C(C)[C@H]1C. The first-order valence-electron chi connectivity index (χ1n) is 4.25. The van der Waals surface area contributed by atoms with E-state index in [2.05, 4.69) is 30.8 Å². The van der Waals surface area contributed by atoms with Crippen LogP contribution in [-0.2, 0) is 0 Å². The van der Waals surface area contributed by atoms with Crippen LogP contribution in [0.15, 0.2) is 11.1 Å². The van der Waals surface area contributed by atoms with Gasteiger partial charge in [0.25, 0.3) is 0 Å². The maximum Gasteiger partial charge on any atom is 0.0950 e. The molecule has 0 aromatic heterocycles. The molecule has 0 aliphatic heterocycles. The first-order chi connectivity index (χ1) is 5.72. The third-order valence-corrected chi connectivity index (χ3v) is 2.68. The summed E-state index contributed by atoms with van der Waals surface area (Å²) in [5.74, 6) is 1.00. The number of hydrogen-bond donors (Lipinski definition) is 2. The van der Waals surface area contributed by atoms with Crippen molar-refractivity contribution in [3.05, 3.63) is 11.1 Å². The molecule has 0 saturated carbocycles. The zero-order valence-corrected chi connectivity index (χ0v) is 7.81. The summed E-state index contributed by atoms with van der Waals surface area (Å²) in [4.78, 5) is 0. The summed E-state index contributed by atoms with van der Waals surface area (Å²) in [6, 6.07) is 2.25. The van der Waals surface area contributed by atoms with Crippen molar-refractivity contribution in [2.45, 2.75) is 13.8 Å². The fraction of sp³-hybridized carbons (Fsp3) is 0.667. The van der Waals surface area contributed by atoms with Gasteiger partial charge in [-0.05, 0) is 24.5 Å². The Bertz CT molecular complexity index is 237. The summed E-state index contributed by atoms with van der Waals surface area (Å²) >= 11 is 0. The van der Waals surface area contributed by atoms with Crippen LogP contribution in [0.5, 0.6) is 0 Å². The molecule has 3 nitrogen and oxygen atoms in total. The van der Waals surface area contributed by atoms with E-state index in [9.17, 15) is 0 Å². The van der Waals surface area contributed by atoms with Gasteiger partial charge in [0.15, 0.2) is 0 Å². The average Bonchev–Trinajstić information content (AvgIpc) is 2.10. The van der Waals surface area contributed by atoms with Gasteiger partial charge in [0.1, 0.15) is 0 Å². The van der Waals surface area contributed by atoms with Crippen molar-refractivity contribution in [2.24, 2.45) is 11.8 Å². The third-order valence-electron chi connectivity index (χ3n) is 2.68. The van der Waals surface area contributed by atoms with Gasteiger partial charge in [-0.2, -0.15) is 5.26 Å². The van der Waals surface area contributed by atoms with E-state index in [0.717, 1.165) is 12.1 Å². The Morgan fingerprint density at radius 1 is 1.42 bits per heavy atom. The maximum absolute atomic E-state index is 8.79. The fourth-order valence-corrected chi connectivity index (χ4v) is 1.61. The Balaban J connectivity index is 2.62. The van der Waals surface area contributed by atoms with E-state index in [4.69, 9.17) is 5.26 Å². The summed E-state index contributed by atoms with van der Waals surface area (Å²) in [5, 5.41) is 8.79. The Morgan fingerprint density at radius 2 is 2.08 bits per heavy atom. The highest BCUT2D eigenvalue weighted by atomic mass is 15.3. The number of nitrogens with one attached hydrogen (secondary N) is 2. The van der Waals surface area contributed by atoms with E-state index in [-0.39, 0.29) is 0 Å². The van der Waals surface area contributed by atoms with E-state index in [1.165, 1.54) is 5.57 Å². The van der Waals surface area contributed by atoms with Crippen molar-refractivity contribution in [1.29, 1.82) is 5.26 Å². The van der Waals surface area contributed by atoms with Gasteiger partial charge < -0.3 is 0 Å². The van der Waals surface area contributed by atoms with Crippen LogP contribution in [0.4, 0.5) is 0 Å². The molecule has 2 atom stereocenters. The zero-order valence-electron chi connectivity index (χ0n) is 7.81. The Labute approximate surface area is 73.4 Å². The van der Waals surface area contributed by atoms with E-state index >= 15 is 0 Å². The second-order valence-electron chi connectivity index (χ2n) is 3.23. The lowest BCUT2D eigenvalue weighted by molar-refractivity contribution is 0.415. The van der Waals surface area contributed by atoms with Crippen molar-refractivity contribution in [3.63, 3.8) is 0 Å². The molecule has 0 saturated heterocycles. The summed E-state index contributed by atoms with van der Waals surface area (Å²) in [6.45, 7) is 5.05. The van der Waals surface area contributed by atoms with Crippen molar-refractivity contribution in [2.75, 3.05) is 13.6 Å². The van der Waals surface area contributed by atoms with Gasteiger partial charge in [-0.15, -0.1) is 0 Å². The van der Waals surface area contributed by atoms with Crippen molar-refractivity contribution >= 4 is 0 Å². The number of hydrogen-bond acceptors (Lipinski definition) is 3. The van der Waals surface area contributed by atoms with Crippen LogP contribution < -0.4 is 10.9 Å². The molecule has 0 aromatic rings. The Hall–Kier alpha value is -0.850. The topological polar surface area (TPSA) is 47.8 Å². The lowest BCUT2D eigenvalue weighted by Crippen LogP contribution is -2.37. The van der Waals surface area contributed by atoms with Crippen LogP contribution in [0.2, 0.25) is 0 Å². The lowest BCUT2D eigenvalue weighted by atomic mass is 9.70. The van der Waals surface area contributed by atoms with Crippen molar-refractivity contribution in [3.8, 4) is 6.07 Å². The molecule has 0 heterocycles. The normalized spacial score (nSPS) is 28.2. The number of nitriles is 1. The summed E-state index contributed by atoms with van der Waals surface area (Å²) in [5.41, 5.74) is 8.07. The van der Waals surface area contributed by atoms with Crippen LogP contribution >= 0.6 is 0 Å². The molecule has 0 bridgehead atoms. The predicted octanol–water partition coefficient (Wildman–Crippen LogP) is 0.816. The molecule has 0 fully saturated rings. The van der Waals surface area contributed by atoms with E-state index in [1.54, 1.807) is 0 Å². The molecule has 0 amide bonds. The quantitative estimate of drug-likeness (QED) is 0.608. The van der Waals surface area contributed by atoms with Gasteiger partial charge in [0, 0.05) is 12.1 Å². The minimum atomic E-state index is 0.448. The molecule has 0 radical (unpaired) electrons. The first kappa shape index (κ1) is 9.24. The highest BCUT2D eigenvalue weighted by Crippen LogP contribution is 2.39. The average molecular weight is 165 g/mol. The van der Waals surface area contributed by atoms with E-state index < -0.39 is 0 Å². The molecule has 66 valence electrons. The lowest BCUT2D eigenvalue weighted by Gasteiger charge is -2.34. The number of nitrogens with zero attached hydrogens (tertiary/aromatic N) is 1. The minimum absolute atomic E-state index is 0.448. The monoisotopic (exact) mass is 165 g/mol. The Kier molecular flexibility index (Phi) is 2.85. The molecule has 3 heteroatoms. The van der Waals surface area contributed by atoms with Gasteiger partial charge in [0.2, 0.25) is 0 Å². The largest absolute Gasteiger partial charge is 0.261 e. The molecule has 0 spiro atoms. The van der Waals surface area contributed by atoms with Crippen LogP contribution in [0, 0.1) is 23.2 Å². The third kappa shape index (κ3) is 1.36. The minimum Gasteiger partial charge on any atom is -0.261 e. The van der Waals surface area contributed by atoms with Crippen LogP contribution in [0.25, 0.3) is 0 Å². The standard InChI is InChI=1S/C9H15N3/c1-6-7(2)9(5-12-11-3)8(6)4-10/h6-7,11-12H,5H2,1-3H3/t6?,7-/m1/s1. The highest BCUT2D eigenvalue weighted by molar-refractivity contribution is 5.41. The number of hydrazine groups is 1. The number of allylic oxidation sites excluding steroid dienone is 1. The van der Waals surface area contributed by atoms with Gasteiger partial charge in [-0.25, -0.2) is 0 Å². The summed E-state index contributed by atoms with van der Waals surface area (Å²) < 4.78 is 0. The van der Waals surface area contributed by atoms with Crippen LogP contribution in [-0.4, -0.2) is 13.6 Å². The smallest absolute Gasteiger partial charge is 0.0950 e. The predicted molar refractivity (Wildman–Crippen MR) is 48.0 cm³/mol. The van der Waals surface area contributed by atoms with Gasteiger partial charge >= 0.3 is 0 Å². The second-order valence-corrected chi connectivity index (χ2v) is 3.23. The molecule has 0 aromatic carbocycles.